The predicted octanol–water partition coefficient (Wildman–Crippen LogP) is 2.57. The molecule has 1 unspecified atom stereocenters. The van der Waals surface area contributed by atoms with Crippen molar-refractivity contribution in [3.05, 3.63) is 48.0 Å². The van der Waals surface area contributed by atoms with Crippen molar-refractivity contribution in [3.63, 3.8) is 0 Å². The summed E-state index contributed by atoms with van der Waals surface area (Å²) in [6, 6.07) is 14.0. The van der Waals surface area contributed by atoms with Gasteiger partial charge in [0, 0.05) is 13.6 Å². The van der Waals surface area contributed by atoms with Crippen LogP contribution in [-0.4, -0.2) is 23.9 Å². The van der Waals surface area contributed by atoms with Gasteiger partial charge in [-0.05, 0) is 29.3 Å². The Bertz CT molecular complexity index is 569. The minimum atomic E-state index is -0.449. The Morgan fingerprint density at radius 3 is 2.47 bits per heavy atom. The first-order chi connectivity index (χ1) is 8.58. The molecule has 1 atom stereocenters. The molecule has 2 aromatic rings. The van der Waals surface area contributed by atoms with Gasteiger partial charge in [-0.25, -0.2) is 0 Å². The molecule has 0 saturated heterocycles. The summed E-state index contributed by atoms with van der Waals surface area (Å²) in [7, 11) is 1.78. The highest BCUT2D eigenvalue weighted by Gasteiger charge is 2.13. The van der Waals surface area contributed by atoms with Crippen molar-refractivity contribution in [3.8, 4) is 0 Å². The molecule has 3 nitrogen and oxygen atoms in total. The highest BCUT2D eigenvalue weighted by Crippen LogP contribution is 2.16. The van der Waals surface area contributed by atoms with Crippen LogP contribution in [-0.2, 0) is 11.3 Å². The molecule has 0 aliphatic carbocycles. The molecule has 2 rings (SSSR count). The van der Waals surface area contributed by atoms with Crippen molar-refractivity contribution in [2.45, 2.75) is 19.5 Å². The van der Waals surface area contributed by atoms with Gasteiger partial charge in [0.25, 0.3) is 0 Å². The van der Waals surface area contributed by atoms with Crippen LogP contribution in [0.2, 0.25) is 0 Å². The molecule has 0 spiro atoms. The third-order valence-corrected chi connectivity index (χ3v) is 3.00. The molecule has 1 amide bonds. The zero-order chi connectivity index (χ0) is 13.1. The number of fused-ring (bicyclic) bond motifs is 1. The maximum atomic E-state index is 11.7. The van der Waals surface area contributed by atoms with Crippen LogP contribution in [0, 0.1) is 0 Å². The van der Waals surface area contributed by atoms with Crippen LogP contribution < -0.4 is 5.73 Å². The summed E-state index contributed by atoms with van der Waals surface area (Å²) in [5, 5.41) is 2.40. The van der Waals surface area contributed by atoms with Gasteiger partial charge >= 0.3 is 0 Å². The van der Waals surface area contributed by atoms with Gasteiger partial charge in [-0.15, -0.1) is 12.4 Å². The van der Waals surface area contributed by atoms with Crippen LogP contribution in [0.15, 0.2) is 42.5 Å². The molecule has 2 N–H and O–H groups in total. The molecule has 0 heterocycles. The van der Waals surface area contributed by atoms with Crippen molar-refractivity contribution < 1.29 is 4.79 Å². The first kappa shape index (κ1) is 15.5. The summed E-state index contributed by atoms with van der Waals surface area (Å²) in [5.74, 6) is -0.0387. The monoisotopic (exact) mass is 278 g/mol. The van der Waals surface area contributed by atoms with Gasteiger partial charge in [-0.2, -0.15) is 0 Å². The van der Waals surface area contributed by atoms with Crippen LogP contribution in [0.25, 0.3) is 10.8 Å². The van der Waals surface area contributed by atoms with E-state index >= 15 is 0 Å². The van der Waals surface area contributed by atoms with E-state index in [1.807, 2.05) is 18.2 Å². The number of hydrogen-bond acceptors (Lipinski definition) is 2. The van der Waals surface area contributed by atoms with E-state index in [1.54, 1.807) is 18.9 Å². The summed E-state index contributed by atoms with van der Waals surface area (Å²) >= 11 is 0. The third-order valence-electron chi connectivity index (χ3n) is 3.00. The molecule has 0 bridgehead atoms. The van der Waals surface area contributed by atoms with Crippen LogP contribution >= 0.6 is 12.4 Å². The summed E-state index contributed by atoms with van der Waals surface area (Å²) in [6.07, 6.45) is 0. The molecule has 0 saturated carbocycles. The maximum absolute atomic E-state index is 11.7. The number of carbonyl (C=O) groups is 1. The molecule has 4 heteroatoms. The lowest BCUT2D eigenvalue weighted by Crippen LogP contribution is -2.39. The Labute approximate surface area is 119 Å². The van der Waals surface area contributed by atoms with E-state index in [-0.39, 0.29) is 18.3 Å². The van der Waals surface area contributed by atoms with E-state index in [0.29, 0.717) is 6.54 Å². The average Bonchev–Trinajstić information content (AvgIpc) is 2.37. The normalized spacial score (nSPS) is 11.7. The number of halogens is 1. The van der Waals surface area contributed by atoms with Crippen LogP contribution in [0.1, 0.15) is 12.5 Å². The average molecular weight is 279 g/mol. The highest BCUT2D eigenvalue weighted by atomic mass is 35.5. The van der Waals surface area contributed by atoms with Gasteiger partial charge in [0.15, 0.2) is 0 Å². The largest absolute Gasteiger partial charge is 0.340 e. The van der Waals surface area contributed by atoms with Crippen molar-refractivity contribution >= 4 is 29.1 Å². The van der Waals surface area contributed by atoms with Crippen LogP contribution in [0.4, 0.5) is 0 Å². The fraction of sp³-hybridized carbons (Fsp3) is 0.267. The summed E-state index contributed by atoms with van der Waals surface area (Å²) < 4.78 is 0. The van der Waals surface area contributed by atoms with Gasteiger partial charge < -0.3 is 10.6 Å². The lowest BCUT2D eigenvalue weighted by molar-refractivity contribution is -0.131. The number of carbonyl (C=O) groups excluding carboxylic acids is 1. The zero-order valence-corrected chi connectivity index (χ0v) is 12.0. The summed E-state index contributed by atoms with van der Waals surface area (Å²) in [5.41, 5.74) is 6.71. The molecular weight excluding hydrogens is 260 g/mol. The predicted molar refractivity (Wildman–Crippen MR) is 81.3 cm³/mol. The molecule has 0 aliphatic rings. The van der Waals surface area contributed by atoms with Crippen molar-refractivity contribution in [2.75, 3.05) is 7.05 Å². The quantitative estimate of drug-likeness (QED) is 0.938. The number of hydrogen-bond donors (Lipinski definition) is 1. The summed E-state index contributed by atoms with van der Waals surface area (Å²) in [6.45, 7) is 2.30. The molecule has 0 radical (unpaired) electrons. The van der Waals surface area contributed by atoms with Crippen LogP contribution in [0.3, 0.4) is 0 Å². The number of nitrogens with two attached hydrogens (primary N) is 1. The van der Waals surface area contributed by atoms with Gasteiger partial charge in [0.05, 0.1) is 6.04 Å². The Morgan fingerprint density at radius 1 is 1.21 bits per heavy atom. The molecule has 19 heavy (non-hydrogen) atoms. The zero-order valence-electron chi connectivity index (χ0n) is 11.2. The number of amides is 1. The van der Waals surface area contributed by atoms with Gasteiger partial charge in [0.2, 0.25) is 5.91 Å². The van der Waals surface area contributed by atoms with E-state index in [0.717, 1.165) is 5.56 Å². The van der Waals surface area contributed by atoms with Crippen molar-refractivity contribution in [1.29, 1.82) is 0 Å². The lowest BCUT2D eigenvalue weighted by Gasteiger charge is -2.19. The smallest absolute Gasteiger partial charge is 0.239 e. The minimum absolute atomic E-state index is 0. The second kappa shape index (κ2) is 6.55. The van der Waals surface area contributed by atoms with Gasteiger partial charge in [0.1, 0.15) is 0 Å². The first-order valence-corrected chi connectivity index (χ1v) is 6.06. The van der Waals surface area contributed by atoms with E-state index in [1.165, 1.54) is 10.8 Å². The second-order valence-corrected chi connectivity index (χ2v) is 4.66. The molecule has 2 aromatic carbocycles. The van der Waals surface area contributed by atoms with Gasteiger partial charge in [-0.1, -0.05) is 36.4 Å². The second-order valence-electron chi connectivity index (χ2n) is 4.66. The first-order valence-electron chi connectivity index (χ1n) is 6.06. The number of nitrogens with zero attached hydrogens (tertiary/aromatic N) is 1. The maximum Gasteiger partial charge on any atom is 0.239 e. The number of likely N-dealkylation sites (N-methyl/N-ethyl adjacent to an activating group) is 1. The van der Waals surface area contributed by atoms with Crippen molar-refractivity contribution in [2.24, 2.45) is 5.73 Å². The van der Waals surface area contributed by atoms with E-state index < -0.39 is 6.04 Å². The van der Waals surface area contributed by atoms with E-state index in [2.05, 4.69) is 24.3 Å². The van der Waals surface area contributed by atoms with E-state index in [4.69, 9.17) is 5.73 Å². The Balaban J connectivity index is 0.00000180. The van der Waals surface area contributed by atoms with Crippen molar-refractivity contribution in [1.82, 2.24) is 4.90 Å². The topological polar surface area (TPSA) is 46.3 Å². The molecular formula is C15H19ClN2O. The molecule has 0 aromatic heterocycles. The summed E-state index contributed by atoms with van der Waals surface area (Å²) in [4.78, 5) is 13.4. The SMILES string of the molecule is CC(N)C(=O)N(C)Cc1ccc2ccccc2c1.Cl. The standard InChI is InChI=1S/C15H18N2O.ClH/c1-11(16)15(18)17(2)10-12-7-8-13-5-3-4-6-14(13)9-12;/h3-9,11H,10,16H2,1-2H3;1H. The van der Waals surface area contributed by atoms with Gasteiger partial charge in [-0.3, -0.25) is 4.79 Å². The Hall–Kier alpha value is -1.58. The molecule has 102 valence electrons. The Kier molecular flexibility index (Phi) is 5.33. The highest BCUT2D eigenvalue weighted by molar-refractivity contribution is 5.85. The Morgan fingerprint density at radius 2 is 1.84 bits per heavy atom. The molecule has 0 fully saturated rings. The fourth-order valence-corrected chi connectivity index (χ4v) is 2.04. The minimum Gasteiger partial charge on any atom is -0.340 e. The molecule has 0 aliphatic heterocycles. The fourth-order valence-electron chi connectivity index (χ4n) is 2.04. The number of rotatable bonds is 3. The van der Waals surface area contributed by atoms with E-state index in [9.17, 15) is 4.79 Å². The third kappa shape index (κ3) is 3.69. The lowest BCUT2D eigenvalue weighted by atomic mass is 10.1. The number of benzene rings is 2. The van der Waals surface area contributed by atoms with Crippen LogP contribution in [0.5, 0.6) is 0 Å².